The van der Waals surface area contributed by atoms with Crippen LogP contribution in [0, 0.1) is 5.82 Å². The van der Waals surface area contributed by atoms with Gasteiger partial charge in [-0.15, -0.1) is 0 Å². The van der Waals surface area contributed by atoms with E-state index in [1.165, 1.54) is 19.2 Å². The maximum atomic E-state index is 15.2. The Morgan fingerprint density at radius 1 is 1.16 bits per heavy atom. The average molecular weight is 561 g/mol. The highest BCUT2D eigenvalue weighted by Crippen LogP contribution is 2.47. The zero-order valence-electron chi connectivity index (χ0n) is 19.8. The number of aliphatic hydroxyl groups is 1. The summed E-state index contributed by atoms with van der Waals surface area (Å²) < 4.78 is 19.8. The summed E-state index contributed by atoms with van der Waals surface area (Å²) in [4.78, 5) is 42.0. The third-order valence-corrected chi connectivity index (χ3v) is 6.39. The van der Waals surface area contributed by atoms with Crippen LogP contribution in [-0.4, -0.2) is 45.3 Å². The molecule has 2 amide bonds. The summed E-state index contributed by atoms with van der Waals surface area (Å²) in [5.74, 6) is -2.27. The first-order valence-corrected chi connectivity index (χ1v) is 11.6. The van der Waals surface area contributed by atoms with Crippen molar-refractivity contribution in [1.82, 2.24) is 9.97 Å². The zero-order valence-corrected chi connectivity index (χ0v) is 21.3. The molecule has 5 rings (SSSR count). The van der Waals surface area contributed by atoms with Crippen LogP contribution < -0.4 is 10.2 Å². The van der Waals surface area contributed by atoms with Crippen molar-refractivity contribution in [2.45, 2.75) is 12.6 Å². The highest BCUT2D eigenvalue weighted by atomic mass is 35.5. The fourth-order valence-corrected chi connectivity index (χ4v) is 4.36. The minimum absolute atomic E-state index is 0.0277. The van der Waals surface area contributed by atoms with Gasteiger partial charge in [0.25, 0.3) is 11.9 Å². The molecular weight excluding hydrogens is 542 g/mol. The first kappa shape index (κ1) is 26.9. The van der Waals surface area contributed by atoms with Crippen LogP contribution in [0.1, 0.15) is 28.4 Å². The van der Waals surface area contributed by atoms with Gasteiger partial charge in [0, 0.05) is 23.6 Å². The predicted molar refractivity (Wildman–Crippen MR) is 138 cm³/mol. The fourth-order valence-electron chi connectivity index (χ4n) is 4.05. The van der Waals surface area contributed by atoms with E-state index < -0.39 is 29.5 Å². The Bertz CT molecular complexity index is 1590. The van der Waals surface area contributed by atoms with Gasteiger partial charge in [0.05, 0.1) is 33.9 Å². The number of nitrogens with one attached hydrogen (secondary N) is 2. The monoisotopic (exact) mass is 560 g/mol. The number of hydrogen-bond donors (Lipinski definition) is 4. The first-order chi connectivity index (χ1) is 18.0. The predicted octanol–water partition coefficient (Wildman–Crippen LogP) is 5.13. The number of aliphatic carboxylic acids is 1. The lowest BCUT2D eigenvalue weighted by Crippen LogP contribution is -2.45. The fraction of sp³-hybridized carbons (Fsp3) is 0.120. The van der Waals surface area contributed by atoms with Crippen molar-refractivity contribution in [1.29, 1.82) is 0 Å². The number of amides is 2. The number of hydrogen-bond acceptors (Lipinski definition) is 6. The number of anilines is 2. The summed E-state index contributed by atoms with van der Waals surface area (Å²) >= 11 is 11.9. The molecule has 0 aliphatic carbocycles. The summed E-state index contributed by atoms with van der Waals surface area (Å²) in [7, 11) is 1.22. The van der Waals surface area contributed by atoms with Crippen LogP contribution in [0.3, 0.4) is 0 Å². The van der Waals surface area contributed by atoms with Gasteiger partial charge >= 0.3 is 6.09 Å². The van der Waals surface area contributed by atoms with Crippen molar-refractivity contribution >= 4 is 63.8 Å². The van der Waals surface area contributed by atoms with Crippen LogP contribution in [0.2, 0.25) is 10.0 Å². The molecule has 2 heterocycles. The van der Waals surface area contributed by atoms with Crippen LogP contribution in [0.25, 0.3) is 11.0 Å². The molecule has 0 fully saturated rings. The van der Waals surface area contributed by atoms with Crippen molar-refractivity contribution in [2.24, 2.45) is 0 Å². The van der Waals surface area contributed by atoms with Gasteiger partial charge in [-0.1, -0.05) is 47.5 Å². The van der Waals surface area contributed by atoms with Gasteiger partial charge in [-0.05, 0) is 30.3 Å². The van der Waals surface area contributed by atoms with Crippen LogP contribution in [0.4, 0.5) is 20.8 Å². The van der Waals surface area contributed by atoms with Crippen molar-refractivity contribution < 1.29 is 33.7 Å². The molecule has 0 radical (unpaired) electrons. The Hall–Kier alpha value is -4.19. The standard InChI is InChI=1S/C23H15Cl2FN4O4.C2H4O2/c1-34-22(32)29-21-27-15-8-6-11(10-16(15)28-21)23(33)13-5-3-2-4-12(13)20(31)30(23)17-9-7-14(24)18(25)19(17)26;1-2(3)4/h2-10,33H,1H3,(H2,27,28,29,32);1H3,(H,3,4). The lowest BCUT2D eigenvalue weighted by Gasteiger charge is -2.35. The van der Waals surface area contributed by atoms with E-state index in [-0.39, 0.29) is 38.4 Å². The van der Waals surface area contributed by atoms with E-state index in [0.717, 1.165) is 11.8 Å². The molecule has 0 saturated heterocycles. The van der Waals surface area contributed by atoms with Gasteiger partial charge in [-0.3, -0.25) is 19.8 Å². The molecule has 1 atom stereocenters. The van der Waals surface area contributed by atoms with Gasteiger partial charge in [-0.2, -0.15) is 0 Å². The summed E-state index contributed by atoms with van der Waals surface area (Å²) in [5.41, 5.74) is -0.688. The lowest BCUT2D eigenvalue weighted by molar-refractivity contribution is -0.134. The Kier molecular flexibility index (Phi) is 7.27. The van der Waals surface area contributed by atoms with Gasteiger partial charge in [0.1, 0.15) is 0 Å². The maximum Gasteiger partial charge on any atom is 0.413 e. The van der Waals surface area contributed by atoms with E-state index in [1.807, 2.05) is 0 Å². The number of benzene rings is 3. The number of ether oxygens (including phenoxy) is 1. The molecule has 196 valence electrons. The van der Waals surface area contributed by atoms with E-state index in [2.05, 4.69) is 20.0 Å². The number of rotatable bonds is 3. The topological polar surface area (TPSA) is 145 Å². The number of aromatic nitrogens is 2. The second-order valence-corrected chi connectivity index (χ2v) is 8.79. The third kappa shape index (κ3) is 4.62. The van der Waals surface area contributed by atoms with Crippen molar-refractivity contribution in [2.75, 3.05) is 17.3 Å². The number of aromatic amines is 1. The smallest absolute Gasteiger partial charge is 0.413 e. The van der Waals surface area contributed by atoms with Crippen LogP contribution in [0.5, 0.6) is 0 Å². The van der Waals surface area contributed by atoms with Gasteiger partial charge in [-0.25, -0.2) is 14.2 Å². The second kappa shape index (κ2) is 10.3. The third-order valence-electron chi connectivity index (χ3n) is 5.61. The van der Waals surface area contributed by atoms with Crippen LogP contribution in [0.15, 0.2) is 54.6 Å². The summed E-state index contributed by atoms with van der Waals surface area (Å²) in [6, 6.07) is 13.8. The second-order valence-electron chi connectivity index (χ2n) is 8.01. The minimum atomic E-state index is -2.08. The number of fused-ring (bicyclic) bond motifs is 2. The number of carbonyl (C=O) groups is 3. The van der Waals surface area contributed by atoms with E-state index in [9.17, 15) is 14.7 Å². The van der Waals surface area contributed by atoms with Crippen LogP contribution in [-0.2, 0) is 15.3 Å². The van der Waals surface area contributed by atoms with Crippen molar-refractivity contribution in [3.8, 4) is 0 Å². The summed E-state index contributed by atoms with van der Waals surface area (Å²) in [6.07, 6.45) is -0.713. The molecule has 0 bridgehead atoms. The number of nitrogens with zero attached hydrogens (tertiary/aromatic N) is 2. The Morgan fingerprint density at radius 3 is 2.53 bits per heavy atom. The molecule has 10 nitrogen and oxygen atoms in total. The number of halogens is 3. The highest BCUT2D eigenvalue weighted by molar-refractivity contribution is 6.42. The number of imidazole rings is 1. The molecule has 1 aliphatic rings. The molecule has 1 aromatic heterocycles. The molecule has 13 heteroatoms. The molecule has 0 spiro atoms. The molecule has 3 aromatic carbocycles. The molecule has 0 saturated carbocycles. The van der Waals surface area contributed by atoms with Crippen molar-refractivity contribution in [3.63, 3.8) is 0 Å². The molecule has 4 aromatic rings. The maximum absolute atomic E-state index is 15.2. The Balaban J connectivity index is 0.000000786. The molecule has 4 N–H and O–H groups in total. The normalized spacial score (nSPS) is 16.1. The van der Waals surface area contributed by atoms with E-state index in [1.54, 1.807) is 42.5 Å². The number of methoxy groups -OCH3 is 1. The molecule has 38 heavy (non-hydrogen) atoms. The summed E-state index contributed by atoms with van der Waals surface area (Å²) in [6.45, 7) is 1.08. The largest absolute Gasteiger partial charge is 0.481 e. The van der Waals surface area contributed by atoms with Gasteiger partial charge in [0.15, 0.2) is 11.5 Å². The minimum Gasteiger partial charge on any atom is -0.481 e. The lowest BCUT2D eigenvalue weighted by atomic mass is 9.93. The number of carboxylic acid groups (broad SMARTS) is 1. The zero-order chi connectivity index (χ0) is 27.8. The van der Waals surface area contributed by atoms with E-state index in [0.29, 0.717) is 11.0 Å². The molecular formula is C25H19Cl2FN4O6. The first-order valence-electron chi connectivity index (χ1n) is 10.8. The van der Waals surface area contributed by atoms with Crippen molar-refractivity contribution in [3.05, 3.63) is 87.2 Å². The number of carbonyl (C=O) groups excluding carboxylic acids is 2. The molecule has 1 aliphatic heterocycles. The highest BCUT2D eigenvalue weighted by Gasteiger charge is 2.51. The molecule has 1 unspecified atom stereocenters. The van der Waals surface area contributed by atoms with Gasteiger partial charge < -0.3 is 19.9 Å². The Morgan fingerprint density at radius 2 is 1.84 bits per heavy atom. The van der Waals surface area contributed by atoms with E-state index >= 15 is 4.39 Å². The Labute approximate surface area is 224 Å². The summed E-state index contributed by atoms with van der Waals surface area (Å²) in [5, 5.41) is 21.5. The average Bonchev–Trinajstić information content (AvgIpc) is 3.38. The van der Waals surface area contributed by atoms with Crippen LogP contribution >= 0.6 is 23.2 Å². The quantitative estimate of drug-likeness (QED) is 0.254. The number of H-pyrrole nitrogens is 1. The number of carboxylic acids is 1. The van der Waals surface area contributed by atoms with Gasteiger partial charge in [0.2, 0.25) is 5.95 Å². The van der Waals surface area contributed by atoms with E-state index in [4.69, 9.17) is 33.1 Å². The SMILES string of the molecule is CC(=O)O.COC(=O)Nc1nc2ccc(C3(O)c4ccccc4C(=O)N3c3ccc(Cl)c(Cl)c3F)cc2[nH]1.